The van der Waals surface area contributed by atoms with E-state index < -0.39 is 9.84 Å². The molecule has 1 N–H and O–H groups in total. The van der Waals surface area contributed by atoms with Gasteiger partial charge in [0.25, 0.3) is 5.91 Å². The van der Waals surface area contributed by atoms with Crippen molar-refractivity contribution in [3.05, 3.63) is 41.1 Å². The standard InChI is InChI=1S/C19H23N3O3S/c1-12-3-4-14(9-13(12)2)18-10-17(19(23)20-15-5-6-15)21-22(18)16-7-8-26(24,25)11-16/h3-4,9-10,15-16H,5-8,11H2,1-2H3,(H,20,23)/t16-/m1/s1. The Bertz CT molecular complexity index is 974. The number of carbonyl (C=O) groups is 1. The van der Waals surface area contributed by atoms with Crippen LogP contribution in [0.25, 0.3) is 11.3 Å². The van der Waals surface area contributed by atoms with E-state index in [0.717, 1.165) is 29.7 Å². The van der Waals surface area contributed by atoms with Crippen molar-refractivity contribution in [2.45, 2.75) is 45.2 Å². The first-order valence-electron chi connectivity index (χ1n) is 9.01. The highest BCUT2D eigenvalue weighted by molar-refractivity contribution is 7.91. The predicted octanol–water partition coefficient (Wildman–Crippen LogP) is 2.42. The predicted molar refractivity (Wildman–Crippen MR) is 99.9 cm³/mol. The Kier molecular flexibility index (Phi) is 4.14. The molecule has 1 aromatic carbocycles. The van der Waals surface area contributed by atoms with Crippen LogP contribution in [0.1, 0.15) is 46.9 Å². The second kappa shape index (κ2) is 6.23. The van der Waals surface area contributed by atoms with E-state index in [1.165, 1.54) is 5.56 Å². The number of amides is 1. The van der Waals surface area contributed by atoms with E-state index in [1.807, 2.05) is 19.1 Å². The molecule has 138 valence electrons. The summed E-state index contributed by atoms with van der Waals surface area (Å²) >= 11 is 0. The van der Waals surface area contributed by atoms with E-state index in [9.17, 15) is 13.2 Å². The molecule has 2 aliphatic rings. The smallest absolute Gasteiger partial charge is 0.272 e. The van der Waals surface area contributed by atoms with Crippen LogP contribution in [0.5, 0.6) is 0 Å². The topological polar surface area (TPSA) is 81.1 Å². The maximum Gasteiger partial charge on any atom is 0.272 e. The lowest BCUT2D eigenvalue weighted by atomic mass is 10.0. The molecule has 1 aliphatic carbocycles. The van der Waals surface area contributed by atoms with Gasteiger partial charge in [-0.1, -0.05) is 12.1 Å². The maximum atomic E-state index is 12.5. The molecule has 4 rings (SSSR count). The van der Waals surface area contributed by atoms with Crippen molar-refractivity contribution < 1.29 is 13.2 Å². The number of sulfone groups is 1. The Balaban J connectivity index is 1.75. The Hall–Kier alpha value is -2.15. The summed E-state index contributed by atoms with van der Waals surface area (Å²) in [5.41, 5.74) is 4.45. The van der Waals surface area contributed by atoms with Gasteiger partial charge in [0.05, 0.1) is 23.2 Å². The lowest BCUT2D eigenvalue weighted by Crippen LogP contribution is -2.26. The zero-order valence-corrected chi connectivity index (χ0v) is 15.8. The molecule has 6 nitrogen and oxygen atoms in total. The van der Waals surface area contributed by atoms with Crippen LogP contribution in [0.2, 0.25) is 0 Å². The zero-order chi connectivity index (χ0) is 18.5. The van der Waals surface area contributed by atoms with Gasteiger partial charge in [-0.25, -0.2) is 8.42 Å². The van der Waals surface area contributed by atoms with Gasteiger partial charge in [-0.3, -0.25) is 9.48 Å². The second-order valence-electron chi connectivity index (χ2n) is 7.46. The molecule has 0 spiro atoms. The SMILES string of the molecule is Cc1ccc(-c2cc(C(=O)NC3CC3)nn2[C@@H]2CCS(=O)(=O)C2)cc1C. The van der Waals surface area contributed by atoms with Crippen molar-refractivity contribution >= 4 is 15.7 Å². The van der Waals surface area contributed by atoms with Crippen LogP contribution in [0.15, 0.2) is 24.3 Å². The van der Waals surface area contributed by atoms with Gasteiger partial charge in [0.2, 0.25) is 0 Å². The first-order valence-corrected chi connectivity index (χ1v) is 10.8. The van der Waals surface area contributed by atoms with Gasteiger partial charge in [-0.05, 0) is 56.4 Å². The van der Waals surface area contributed by atoms with Crippen molar-refractivity contribution in [2.24, 2.45) is 0 Å². The zero-order valence-electron chi connectivity index (χ0n) is 15.0. The molecule has 2 aromatic rings. The van der Waals surface area contributed by atoms with E-state index >= 15 is 0 Å². The first-order chi connectivity index (χ1) is 12.3. The van der Waals surface area contributed by atoms with Crippen LogP contribution in [0, 0.1) is 13.8 Å². The molecule has 2 fully saturated rings. The fourth-order valence-corrected chi connectivity index (χ4v) is 5.05. The third kappa shape index (κ3) is 3.40. The third-order valence-corrected chi connectivity index (χ3v) is 6.99. The normalized spacial score (nSPS) is 21.7. The molecule has 2 heterocycles. The van der Waals surface area contributed by atoms with Gasteiger partial charge in [-0.2, -0.15) is 5.10 Å². The van der Waals surface area contributed by atoms with Gasteiger partial charge in [0.15, 0.2) is 15.5 Å². The highest BCUT2D eigenvalue weighted by Gasteiger charge is 2.33. The molecule has 7 heteroatoms. The van der Waals surface area contributed by atoms with Gasteiger partial charge in [0, 0.05) is 11.6 Å². The number of carbonyl (C=O) groups excluding carboxylic acids is 1. The number of nitrogens with zero attached hydrogens (tertiary/aromatic N) is 2. The van der Waals surface area contributed by atoms with Crippen LogP contribution in [-0.2, 0) is 9.84 Å². The number of benzene rings is 1. The number of aromatic nitrogens is 2. The molecule has 26 heavy (non-hydrogen) atoms. The molecule has 1 aliphatic heterocycles. The lowest BCUT2D eigenvalue weighted by Gasteiger charge is -2.14. The van der Waals surface area contributed by atoms with E-state index in [1.54, 1.807) is 10.7 Å². The third-order valence-electron chi connectivity index (χ3n) is 5.24. The van der Waals surface area contributed by atoms with Gasteiger partial charge >= 0.3 is 0 Å². The molecule has 1 atom stereocenters. The van der Waals surface area contributed by atoms with E-state index in [2.05, 4.69) is 23.4 Å². The molecular formula is C19H23N3O3S. The van der Waals surface area contributed by atoms with Crippen LogP contribution < -0.4 is 5.32 Å². The number of hydrogen-bond acceptors (Lipinski definition) is 4. The first kappa shape index (κ1) is 17.3. The molecule has 0 unspecified atom stereocenters. The second-order valence-corrected chi connectivity index (χ2v) is 9.69. The van der Waals surface area contributed by atoms with Crippen LogP contribution >= 0.6 is 0 Å². The average molecular weight is 373 g/mol. The Morgan fingerprint density at radius 3 is 2.54 bits per heavy atom. The average Bonchev–Trinajstić information content (AvgIpc) is 3.15. The van der Waals surface area contributed by atoms with Crippen LogP contribution in [-0.4, -0.2) is 41.7 Å². The summed E-state index contributed by atoms with van der Waals surface area (Å²) in [5.74, 6) is 0.0705. The van der Waals surface area contributed by atoms with Crippen molar-refractivity contribution in [3.8, 4) is 11.3 Å². The summed E-state index contributed by atoms with van der Waals surface area (Å²) < 4.78 is 25.6. The van der Waals surface area contributed by atoms with Gasteiger partial charge in [0.1, 0.15) is 0 Å². The summed E-state index contributed by atoms with van der Waals surface area (Å²) in [7, 11) is -3.04. The van der Waals surface area contributed by atoms with E-state index in [4.69, 9.17) is 0 Å². The monoisotopic (exact) mass is 373 g/mol. The number of nitrogens with one attached hydrogen (secondary N) is 1. The summed E-state index contributed by atoms with van der Waals surface area (Å²) in [5, 5.41) is 7.46. The van der Waals surface area contributed by atoms with E-state index in [-0.39, 0.29) is 29.5 Å². The van der Waals surface area contributed by atoms with E-state index in [0.29, 0.717) is 12.1 Å². The maximum absolute atomic E-state index is 12.5. The Labute approximate surface area is 153 Å². The van der Waals surface area contributed by atoms with Crippen LogP contribution in [0.4, 0.5) is 0 Å². The number of rotatable bonds is 4. The fourth-order valence-electron chi connectivity index (χ4n) is 3.36. The molecule has 0 radical (unpaired) electrons. The summed E-state index contributed by atoms with van der Waals surface area (Å²) in [6, 6.07) is 7.92. The fraction of sp³-hybridized carbons (Fsp3) is 0.474. The summed E-state index contributed by atoms with van der Waals surface area (Å²) in [6.07, 6.45) is 2.56. The molecule has 1 aromatic heterocycles. The quantitative estimate of drug-likeness (QED) is 0.892. The van der Waals surface area contributed by atoms with Crippen molar-refractivity contribution in [1.29, 1.82) is 0 Å². The minimum atomic E-state index is -3.04. The van der Waals surface area contributed by atoms with Crippen molar-refractivity contribution in [1.82, 2.24) is 15.1 Å². The number of hydrogen-bond donors (Lipinski definition) is 1. The number of aryl methyl sites for hydroxylation is 2. The van der Waals surface area contributed by atoms with Gasteiger partial charge in [-0.15, -0.1) is 0 Å². The Morgan fingerprint density at radius 2 is 1.92 bits per heavy atom. The highest BCUT2D eigenvalue weighted by Crippen LogP contribution is 2.31. The lowest BCUT2D eigenvalue weighted by molar-refractivity contribution is 0.0945. The molecule has 1 saturated heterocycles. The molecule has 0 bridgehead atoms. The molecule has 1 amide bonds. The minimum Gasteiger partial charge on any atom is -0.348 e. The molecule has 1 saturated carbocycles. The van der Waals surface area contributed by atoms with Gasteiger partial charge < -0.3 is 5.32 Å². The summed E-state index contributed by atoms with van der Waals surface area (Å²) in [4.78, 5) is 12.5. The Morgan fingerprint density at radius 1 is 1.15 bits per heavy atom. The largest absolute Gasteiger partial charge is 0.348 e. The minimum absolute atomic E-state index is 0.0796. The van der Waals surface area contributed by atoms with Crippen LogP contribution in [0.3, 0.4) is 0 Å². The highest BCUT2D eigenvalue weighted by atomic mass is 32.2. The summed E-state index contributed by atoms with van der Waals surface area (Å²) in [6.45, 7) is 4.09. The molecular weight excluding hydrogens is 350 g/mol. The van der Waals surface area contributed by atoms with Crippen molar-refractivity contribution in [3.63, 3.8) is 0 Å². The van der Waals surface area contributed by atoms with Crippen molar-refractivity contribution in [2.75, 3.05) is 11.5 Å².